The van der Waals surface area contributed by atoms with Crippen LogP contribution in [0, 0.1) is 0 Å². The summed E-state index contributed by atoms with van der Waals surface area (Å²) in [5.74, 6) is 1.42. The van der Waals surface area contributed by atoms with Crippen molar-refractivity contribution in [2.75, 3.05) is 24.7 Å². The molecule has 0 bridgehead atoms. The SMILES string of the molecule is CN(CC(=O)Nc1ccccc1Cl)C(=O)CSc1nnc(C2CC2)n1C1CC1. The van der Waals surface area contributed by atoms with Gasteiger partial charge in [-0.2, -0.15) is 0 Å². The predicted molar refractivity (Wildman–Crippen MR) is 109 cm³/mol. The van der Waals surface area contributed by atoms with Gasteiger partial charge in [0.15, 0.2) is 5.16 Å². The summed E-state index contributed by atoms with van der Waals surface area (Å²) in [4.78, 5) is 26.1. The second-order valence-electron chi connectivity index (χ2n) is 7.28. The van der Waals surface area contributed by atoms with Crippen LogP contribution in [-0.4, -0.2) is 50.8 Å². The lowest BCUT2D eigenvalue weighted by Crippen LogP contribution is -2.36. The van der Waals surface area contributed by atoms with E-state index in [0.717, 1.165) is 23.8 Å². The Morgan fingerprint density at radius 3 is 2.68 bits per heavy atom. The summed E-state index contributed by atoms with van der Waals surface area (Å²) in [7, 11) is 1.62. The van der Waals surface area contributed by atoms with Crippen molar-refractivity contribution in [1.29, 1.82) is 0 Å². The Labute approximate surface area is 172 Å². The van der Waals surface area contributed by atoms with Crippen LogP contribution in [0.15, 0.2) is 29.4 Å². The number of likely N-dealkylation sites (N-methyl/N-ethyl adjacent to an activating group) is 1. The molecule has 0 unspecified atom stereocenters. The summed E-state index contributed by atoms with van der Waals surface area (Å²) in [5, 5.41) is 12.7. The third-order valence-electron chi connectivity index (χ3n) is 4.82. The molecule has 7 nitrogen and oxygen atoms in total. The Balaban J connectivity index is 1.30. The van der Waals surface area contributed by atoms with Crippen molar-refractivity contribution in [3.63, 3.8) is 0 Å². The molecule has 0 atom stereocenters. The van der Waals surface area contributed by atoms with Crippen molar-refractivity contribution >= 4 is 40.9 Å². The molecule has 9 heteroatoms. The third-order valence-corrected chi connectivity index (χ3v) is 6.08. The van der Waals surface area contributed by atoms with Crippen LogP contribution in [0.5, 0.6) is 0 Å². The van der Waals surface area contributed by atoms with Gasteiger partial charge in [-0.15, -0.1) is 10.2 Å². The number of carbonyl (C=O) groups is 2. The zero-order valence-corrected chi connectivity index (χ0v) is 17.2. The number of anilines is 1. The highest BCUT2D eigenvalue weighted by Gasteiger charge is 2.36. The number of para-hydroxylation sites is 1. The first-order chi connectivity index (χ1) is 13.5. The van der Waals surface area contributed by atoms with E-state index in [0.29, 0.717) is 22.7 Å². The zero-order valence-electron chi connectivity index (χ0n) is 15.6. The van der Waals surface area contributed by atoms with Gasteiger partial charge < -0.3 is 14.8 Å². The van der Waals surface area contributed by atoms with E-state index in [4.69, 9.17) is 11.6 Å². The number of benzene rings is 1. The molecular formula is C19H22ClN5O2S. The highest BCUT2D eigenvalue weighted by Crippen LogP contribution is 2.45. The van der Waals surface area contributed by atoms with E-state index >= 15 is 0 Å². The van der Waals surface area contributed by atoms with Gasteiger partial charge in [-0.1, -0.05) is 35.5 Å². The Hall–Kier alpha value is -2.06. The maximum absolute atomic E-state index is 12.5. The van der Waals surface area contributed by atoms with Crippen molar-refractivity contribution in [2.24, 2.45) is 0 Å². The summed E-state index contributed by atoms with van der Waals surface area (Å²) in [6.45, 7) is -0.0345. The van der Waals surface area contributed by atoms with Gasteiger partial charge in [-0.3, -0.25) is 9.59 Å². The van der Waals surface area contributed by atoms with Crippen LogP contribution in [0.3, 0.4) is 0 Å². The number of halogens is 1. The first kappa shape index (κ1) is 19.3. The van der Waals surface area contributed by atoms with Gasteiger partial charge in [0.2, 0.25) is 11.8 Å². The molecule has 0 radical (unpaired) electrons. The van der Waals surface area contributed by atoms with Gasteiger partial charge in [-0.25, -0.2) is 0 Å². The second kappa shape index (κ2) is 8.13. The molecule has 1 aromatic heterocycles. The van der Waals surface area contributed by atoms with Gasteiger partial charge >= 0.3 is 0 Å². The predicted octanol–water partition coefficient (Wildman–Crippen LogP) is 3.33. The molecule has 1 aromatic carbocycles. The molecular weight excluding hydrogens is 398 g/mol. The standard InChI is InChI=1S/C19H22ClN5O2S/c1-24(10-16(26)21-15-5-3-2-4-14(15)20)17(27)11-28-19-23-22-18(12-6-7-12)25(19)13-8-9-13/h2-5,12-13H,6-11H2,1H3,(H,21,26). The van der Waals surface area contributed by atoms with E-state index in [1.54, 1.807) is 31.3 Å². The maximum Gasteiger partial charge on any atom is 0.244 e. The number of hydrogen-bond donors (Lipinski definition) is 1. The fourth-order valence-corrected chi connectivity index (χ4v) is 4.11. The summed E-state index contributed by atoms with van der Waals surface area (Å²) in [6.07, 6.45) is 4.66. The number of thioether (sulfide) groups is 1. The summed E-state index contributed by atoms with van der Waals surface area (Å²) in [5.41, 5.74) is 0.537. The number of rotatable bonds is 8. The third kappa shape index (κ3) is 4.50. The van der Waals surface area contributed by atoms with Crippen molar-refractivity contribution < 1.29 is 9.59 Å². The molecule has 2 aliphatic carbocycles. The number of aromatic nitrogens is 3. The second-order valence-corrected chi connectivity index (χ2v) is 8.63. The lowest BCUT2D eigenvalue weighted by Gasteiger charge is -2.17. The smallest absolute Gasteiger partial charge is 0.244 e. The van der Waals surface area contributed by atoms with Crippen LogP contribution in [0.2, 0.25) is 5.02 Å². The van der Waals surface area contributed by atoms with E-state index in [1.807, 2.05) is 0 Å². The highest BCUT2D eigenvalue weighted by molar-refractivity contribution is 7.99. The van der Waals surface area contributed by atoms with E-state index < -0.39 is 0 Å². The maximum atomic E-state index is 12.5. The van der Waals surface area contributed by atoms with Gasteiger partial charge in [0.25, 0.3) is 0 Å². The number of nitrogens with one attached hydrogen (secondary N) is 1. The van der Waals surface area contributed by atoms with Crippen LogP contribution >= 0.6 is 23.4 Å². The number of amides is 2. The van der Waals surface area contributed by atoms with E-state index in [9.17, 15) is 9.59 Å². The van der Waals surface area contributed by atoms with Crippen molar-refractivity contribution in [3.8, 4) is 0 Å². The van der Waals surface area contributed by atoms with E-state index in [-0.39, 0.29) is 24.1 Å². The number of nitrogens with zero attached hydrogens (tertiary/aromatic N) is 4. The molecule has 28 heavy (non-hydrogen) atoms. The minimum atomic E-state index is -0.286. The monoisotopic (exact) mass is 419 g/mol. The lowest BCUT2D eigenvalue weighted by atomic mass is 10.3. The van der Waals surface area contributed by atoms with E-state index in [2.05, 4.69) is 20.1 Å². The molecule has 0 saturated heterocycles. The van der Waals surface area contributed by atoms with Crippen LogP contribution < -0.4 is 5.32 Å². The molecule has 4 rings (SSSR count). The average Bonchev–Trinajstić information content (AvgIpc) is 3.60. The Morgan fingerprint density at radius 1 is 1.25 bits per heavy atom. The molecule has 2 fully saturated rings. The van der Waals surface area contributed by atoms with Crippen LogP contribution in [0.25, 0.3) is 0 Å². The molecule has 2 aromatic rings. The molecule has 148 valence electrons. The largest absolute Gasteiger partial charge is 0.336 e. The van der Waals surface area contributed by atoms with Gasteiger partial charge in [0.05, 0.1) is 23.0 Å². The fraction of sp³-hybridized carbons (Fsp3) is 0.474. The lowest BCUT2D eigenvalue weighted by molar-refractivity contribution is -0.131. The van der Waals surface area contributed by atoms with Gasteiger partial charge in [0, 0.05) is 19.0 Å². The Morgan fingerprint density at radius 2 is 2.00 bits per heavy atom. The highest BCUT2D eigenvalue weighted by atomic mass is 35.5. The van der Waals surface area contributed by atoms with E-state index in [1.165, 1.54) is 29.5 Å². The van der Waals surface area contributed by atoms with Crippen LogP contribution in [0.1, 0.15) is 43.5 Å². The molecule has 1 N–H and O–H groups in total. The normalized spacial score (nSPS) is 16.1. The number of carbonyl (C=O) groups excluding carboxylic acids is 2. The summed E-state index contributed by atoms with van der Waals surface area (Å²) in [6, 6.07) is 7.50. The minimum Gasteiger partial charge on any atom is -0.336 e. The molecule has 0 spiro atoms. The quantitative estimate of drug-likeness (QED) is 0.664. The van der Waals surface area contributed by atoms with Crippen molar-refractivity contribution in [1.82, 2.24) is 19.7 Å². The van der Waals surface area contributed by atoms with Crippen LogP contribution in [0.4, 0.5) is 5.69 Å². The zero-order chi connectivity index (χ0) is 19.7. The first-order valence-corrected chi connectivity index (χ1v) is 10.7. The minimum absolute atomic E-state index is 0.0345. The average molecular weight is 420 g/mol. The van der Waals surface area contributed by atoms with Crippen molar-refractivity contribution in [2.45, 2.75) is 42.8 Å². The van der Waals surface area contributed by atoms with Gasteiger partial charge in [-0.05, 0) is 37.8 Å². The first-order valence-electron chi connectivity index (χ1n) is 9.39. The fourth-order valence-electron chi connectivity index (χ4n) is 2.98. The van der Waals surface area contributed by atoms with Crippen molar-refractivity contribution in [3.05, 3.63) is 35.1 Å². The van der Waals surface area contributed by atoms with Gasteiger partial charge in [0.1, 0.15) is 5.82 Å². The van der Waals surface area contributed by atoms with Crippen LogP contribution in [-0.2, 0) is 9.59 Å². The number of hydrogen-bond acceptors (Lipinski definition) is 5. The Kier molecular flexibility index (Phi) is 5.59. The molecule has 1 heterocycles. The summed E-state index contributed by atoms with van der Waals surface area (Å²) >= 11 is 7.44. The Bertz CT molecular complexity index is 894. The molecule has 0 aliphatic heterocycles. The molecule has 2 saturated carbocycles. The topological polar surface area (TPSA) is 80.1 Å². The molecule has 2 amide bonds. The summed E-state index contributed by atoms with van der Waals surface area (Å²) < 4.78 is 2.22. The molecule has 2 aliphatic rings.